The molecule has 1 aromatic carbocycles. The number of carbonyl (C=O) groups is 1. The molecule has 0 saturated carbocycles. The van der Waals surface area contributed by atoms with Crippen molar-refractivity contribution in [1.29, 1.82) is 0 Å². The van der Waals surface area contributed by atoms with Gasteiger partial charge in [0.1, 0.15) is 0 Å². The van der Waals surface area contributed by atoms with Crippen molar-refractivity contribution >= 4 is 5.78 Å². The predicted molar refractivity (Wildman–Crippen MR) is 62.5 cm³/mol. The Hall–Kier alpha value is -1.11. The molecule has 0 spiro atoms. The van der Waals surface area contributed by atoms with Crippen LogP contribution in [-0.2, 0) is 19.3 Å². The lowest BCUT2D eigenvalue weighted by atomic mass is 9.85. The molecular formula is C14H18O. The van der Waals surface area contributed by atoms with E-state index in [0.717, 1.165) is 37.7 Å². The van der Waals surface area contributed by atoms with Gasteiger partial charge in [-0.1, -0.05) is 19.9 Å². The van der Waals surface area contributed by atoms with Crippen LogP contribution < -0.4 is 0 Å². The van der Waals surface area contributed by atoms with Gasteiger partial charge in [-0.05, 0) is 48.4 Å². The lowest BCUT2D eigenvalue weighted by Gasteiger charge is -2.19. The molecule has 2 rings (SSSR count). The fraction of sp³-hybridized carbons (Fsp3) is 0.500. The van der Waals surface area contributed by atoms with Crippen molar-refractivity contribution < 1.29 is 4.79 Å². The van der Waals surface area contributed by atoms with Gasteiger partial charge in [-0.3, -0.25) is 4.79 Å². The van der Waals surface area contributed by atoms with E-state index < -0.39 is 0 Å². The van der Waals surface area contributed by atoms with Crippen LogP contribution in [0.15, 0.2) is 12.1 Å². The van der Waals surface area contributed by atoms with E-state index in [-0.39, 0.29) is 0 Å². The molecule has 1 aliphatic rings. The summed E-state index contributed by atoms with van der Waals surface area (Å²) in [7, 11) is 0. The molecule has 0 N–H and O–H groups in total. The summed E-state index contributed by atoms with van der Waals surface area (Å²) in [4.78, 5) is 11.8. The second-order valence-electron chi connectivity index (χ2n) is 4.26. The summed E-state index contributed by atoms with van der Waals surface area (Å²) in [5, 5.41) is 0. The molecule has 80 valence electrons. The number of carbonyl (C=O) groups excluding carboxylic acids is 1. The smallest absolute Gasteiger partial charge is 0.163 e. The van der Waals surface area contributed by atoms with Gasteiger partial charge >= 0.3 is 0 Å². The Kier molecular flexibility index (Phi) is 2.90. The van der Waals surface area contributed by atoms with Crippen LogP contribution in [0.3, 0.4) is 0 Å². The van der Waals surface area contributed by atoms with E-state index in [1.165, 1.54) is 16.7 Å². The molecule has 0 heterocycles. The highest BCUT2D eigenvalue weighted by atomic mass is 16.1. The van der Waals surface area contributed by atoms with Gasteiger partial charge in [0.2, 0.25) is 0 Å². The minimum Gasteiger partial charge on any atom is -0.294 e. The minimum atomic E-state index is 0.348. The SMILES string of the molecule is CCc1cc(CC)c2c(c1)C(=O)CCC2. The number of aryl methyl sites for hydroxylation is 2. The third-order valence-electron chi connectivity index (χ3n) is 3.32. The number of benzene rings is 1. The molecule has 1 aliphatic carbocycles. The zero-order valence-corrected chi connectivity index (χ0v) is 9.60. The average Bonchev–Trinajstić information content (AvgIpc) is 2.28. The lowest BCUT2D eigenvalue weighted by molar-refractivity contribution is 0.0972. The average molecular weight is 202 g/mol. The van der Waals surface area contributed by atoms with Crippen LogP contribution in [0.2, 0.25) is 0 Å². The van der Waals surface area contributed by atoms with Gasteiger partial charge in [0.05, 0.1) is 0 Å². The number of ketones is 1. The van der Waals surface area contributed by atoms with Crippen molar-refractivity contribution in [3.05, 3.63) is 34.4 Å². The number of rotatable bonds is 2. The Morgan fingerprint density at radius 2 is 1.93 bits per heavy atom. The molecular weight excluding hydrogens is 184 g/mol. The van der Waals surface area contributed by atoms with Gasteiger partial charge in [-0.25, -0.2) is 0 Å². The third kappa shape index (κ3) is 1.83. The predicted octanol–water partition coefficient (Wildman–Crippen LogP) is 3.33. The van der Waals surface area contributed by atoms with E-state index in [2.05, 4.69) is 26.0 Å². The Morgan fingerprint density at radius 3 is 2.60 bits per heavy atom. The van der Waals surface area contributed by atoms with Crippen molar-refractivity contribution in [3.63, 3.8) is 0 Å². The van der Waals surface area contributed by atoms with Crippen molar-refractivity contribution in [2.45, 2.75) is 46.0 Å². The van der Waals surface area contributed by atoms with Crippen LogP contribution in [0.4, 0.5) is 0 Å². The number of fused-ring (bicyclic) bond motifs is 1. The molecule has 15 heavy (non-hydrogen) atoms. The molecule has 0 atom stereocenters. The maximum atomic E-state index is 11.8. The standard InChI is InChI=1S/C14H18O/c1-3-10-8-11(4-2)12-6-5-7-14(15)13(12)9-10/h8-9H,3-7H2,1-2H3. The molecule has 0 bridgehead atoms. The number of Topliss-reactive ketones (excluding diaryl/α,β-unsaturated/α-hetero) is 1. The van der Waals surface area contributed by atoms with E-state index in [1.54, 1.807) is 0 Å². The highest BCUT2D eigenvalue weighted by Gasteiger charge is 2.19. The summed E-state index contributed by atoms with van der Waals surface area (Å²) in [6, 6.07) is 4.38. The Morgan fingerprint density at radius 1 is 1.13 bits per heavy atom. The first-order valence-corrected chi connectivity index (χ1v) is 5.94. The first-order valence-electron chi connectivity index (χ1n) is 5.94. The molecule has 1 heteroatoms. The van der Waals surface area contributed by atoms with Crippen molar-refractivity contribution in [1.82, 2.24) is 0 Å². The Balaban J connectivity index is 2.57. The molecule has 0 aliphatic heterocycles. The maximum Gasteiger partial charge on any atom is 0.163 e. The molecule has 0 unspecified atom stereocenters. The van der Waals surface area contributed by atoms with Gasteiger partial charge in [0.15, 0.2) is 5.78 Å². The lowest BCUT2D eigenvalue weighted by Crippen LogP contribution is -2.13. The zero-order chi connectivity index (χ0) is 10.8. The highest BCUT2D eigenvalue weighted by molar-refractivity contribution is 5.99. The largest absolute Gasteiger partial charge is 0.294 e. The molecule has 0 saturated heterocycles. The van der Waals surface area contributed by atoms with E-state index in [4.69, 9.17) is 0 Å². The Bertz CT molecular complexity index is 391. The van der Waals surface area contributed by atoms with E-state index >= 15 is 0 Å². The monoisotopic (exact) mass is 202 g/mol. The van der Waals surface area contributed by atoms with Crippen LogP contribution >= 0.6 is 0 Å². The van der Waals surface area contributed by atoms with Gasteiger partial charge in [0.25, 0.3) is 0 Å². The molecule has 0 radical (unpaired) electrons. The van der Waals surface area contributed by atoms with Crippen LogP contribution in [0, 0.1) is 0 Å². The van der Waals surface area contributed by atoms with E-state index in [0.29, 0.717) is 5.78 Å². The van der Waals surface area contributed by atoms with Crippen molar-refractivity contribution in [2.75, 3.05) is 0 Å². The summed E-state index contributed by atoms with van der Waals surface area (Å²) in [5.74, 6) is 0.348. The van der Waals surface area contributed by atoms with Crippen molar-refractivity contribution in [2.24, 2.45) is 0 Å². The summed E-state index contributed by atoms with van der Waals surface area (Å²) >= 11 is 0. The fourth-order valence-corrected chi connectivity index (χ4v) is 2.42. The molecule has 0 aromatic heterocycles. The quantitative estimate of drug-likeness (QED) is 0.719. The number of hydrogen-bond donors (Lipinski definition) is 0. The summed E-state index contributed by atoms with van der Waals surface area (Å²) < 4.78 is 0. The summed E-state index contributed by atoms with van der Waals surface area (Å²) in [6.45, 7) is 4.32. The van der Waals surface area contributed by atoms with Gasteiger partial charge in [-0.15, -0.1) is 0 Å². The van der Waals surface area contributed by atoms with Crippen LogP contribution in [0.5, 0.6) is 0 Å². The normalized spacial score (nSPS) is 15.2. The molecule has 1 nitrogen and oxygen atoms in total. The molecule has 0 fully saturated rings. The number of hydrogen-bond acceptors (Lipinski definition) is 1. The van der Waals surface area contributed by atoms with Crippen molar-refractivity contribution in [3.8, 4) is 0 Å². The minimum absolute atomic E-state index is 0.348. The summed E-state index contributed by atoms with van der Waals surface area (Å²) in [6.07, 6.45) is 4.93. The van der Waals surface area contributed by atoms with Gasteiger partial charge < -0.3 is 0 Å². The second-order valence-corrected chi connectivity index (χ2v) is 4.26. The maximum absolute atomic E-state index is 11.8. The van der Waals surface area contributed by atoms with Crippen LogP contribution in [0.25, 0.3) is 0 Å². The fourth-order valence-electron chi connectivity index (χ4n) is 2.42. The highest BCUT2D eigenvalue weighted by Crippen LogP contribution is 2.26. The molecule has 0 amide bonds. The summed E-state index contributed by atoms with van der Waals surface area (Å²) in [5.41, 5.74) is 5.03. The van der Waals surface area contributed by atoms with Crippen LogP contribution in [-0.4, -0.2) is 5.78 Å². The zero-order valence-electron chi connectivity index (χ0n) is 9.60. The molecule has 1 aromatic rings. The van der Waals surface area contributed by atoms with Gasteiger partial charge in [-0.2, -0.15) is 0 Å². The van der Waals surface area contributed by atoms with E-state index in [9.17, 15) is 4.79 Å². The van der Waals surface area contributed by atoms with E-state index in [1.807, 2.05) is 0 Å². The first kappa shape index (κ1) is 10.4. The van der Waals surface area contributed by atoms with Crippen LogP contribution in [0.1, 0.15) is 53.7 Å². The van der Waals surface area contributed by atoms with Gasteiger partial charge in [0, 0.05) is 12.0 Å². The third-order valence-corrected chi connectivity index (χ3v) is 3.32. The second kappa shape index (κ2) is 4.18. The Labute approximate surface area is 91.5 Å². The topological polar surface area (TPSA) is 17.1 Å². The first-order chi connectivity index (χ1) is 7.26.